The molecule has 0 saturated heterocycles. The molecule has 1 rings (SSSR count). The summed E-state index contributed by atoms with van der Waals surface area (Å²) in [6.45, 7) is 0. The number of phenolic OH excluding ortho intramolecular Hbond substituents is 1. The maximum absolute atomic E-state index is 12.0. The second kappa shape index (κ2) is 3.18. The van der Waals surface area contributed by atoms with Crippen molar-refractivity contribution < 1.29 is 13.9 Å². The van der Waals surface area contributed by atoms with Gasteiger partial charge in [-0.2, -0.15) is 5.26 Å². The van der Waals surface area contributed by atoms with Gasteiger partial charge in [-0.25, -0.2) is 8.78 Å². The van der Waals surface area contributed by atoms with Crippen molar-refractivity contribution in [2.75, 3.05) is 0 Å². The number of hydrogen-bond donors (Lipinski definition) is 1. The van der Waals surface area contributed by atoms with Crippen molar-refractivity contribution in [3.63, 3.8) is 0 Å². The van der Waals surface area contributed by atoms with E-state index in [2.05, 4.69) is 0 Å². The van der Waals surface area contributed by atoms with Crippen LogP contribution in [0.4, 0.5) is 8.78 Å². The molecule has 0 heterocycles. The van der Waals surface area contributed by atoms with E-state index in [-0.39, 0.29) is 11.1 Å². The van der Waals surface area contributed by atoms with Gasteiger partial charge in [0.1, 0.15) is 11.8 Å². The number of phenols is 1. The Labute approximate surface area is 67.7 Å². The molecule has 0 amide bonds. The first kappa shape index (κ1) is 8.47. The molecule has 0 aliphatic rings. The van der Waals surface area contributed by atoms with E-state index in [1.807, 2.05) is 0 Å². The molecule has 0 fully saturated rings. The third-order valence-corrected chi connectivity index (χ3v) is 1.39. The van der Waals surface area contributed by atoms with E-state index >= 15 is 0 Å². The number of aromatic hydroxyl groups is 1. The summed E-state index contributed by atoms with van der Waals surface area (Å²) in [7, 11) is 0. The van der Waals surface area contributed by atoms with E-state index in [9.17, 15) is 8.78 Å². The summed E-state index contributed by atoms with van der Waals surface area (Å²) in [5.41, 5.74) is -0.286. The van der Waals surface area contributed by atoms with Gasteiger partial charge < -0.3 is 5.11 Å². The summed E-state index contributed by atoms with van der Waals surface area (Å²) in [6, 6.07) is 4.84. The molecule has 0 aromatic heterocycles. The first-order valence-corrected chi connectivity index (χ1v) is 3.16. The second-order valence-corrected chi connectivity index (χ2v) is 2.19. The van der Waals surface area contributed by atoms with Crippen molar-refractivity contribution in [1.82, 2.24) is 0 Å². The molecule has 0 aliphatic heterocycles. The lowest BCUT2D eigenvalue weighted by Gasteiger charge is -2.00. The summed E-state index contributed by atoms with van der Waals surface area (Å²) < 4.78 is 24.0. The lowest BCUT2D eigenvalue weighted by molar-refractivity contribution is 0.151. The average molecular weight is 169 g/mol. The van der Waals surface area contributed by atoms with Crippen LogP contribution in [0.1, 0.15) is 17.6 Å². The highest BCUT2D eigenvalue weighted by Gasteiger charge is 2.09. The number of hydrogen-bond acceptors (Lipinski definition) is 2. The Balaban J connectivity index is 3.12. The molecule has 0 saturated carbocycles. The zero-order valence-electron chi connectivity index (χ0n) is 5.96. The van der Waals surface area contributed by atoms with Crippen molar-refractivity contribution in [3.05, 3.63) is 29.3 Å². The summed E-state index contributed by atoms with van der Waals surface area (Å²) in [5.74, 6) is -0.407. The van der Waals surface area contributed by atoms with Gasteiger partial charge in [-0.15, -0.1) is 0 Å². The predicted octanol–water partition coefficient (Wildman–Crippen LogP) is 2.20. The summed E-state index contributed by atoms with van der Waals surface area (Å²) in [6.07, 6.45) is -2.62. The molecule has 0 radical (unpaired) electrons. The maximum atomic E-state index is 12.0. The number of halogens is 2. The van der Waals surface area contributed by atoms with Gasteiger partial charge in [0.25, 0.3) is 6.43 Å². The van der Waals surface area contributed by atoms with Crippen LogP contribution < -0.4 is 0 Å². The van der Waals surface area contributed by atoms with E-state index in [0.717, 1.165) is 18.2 Å². The van der Waals surface area contributed by atoms with Crippen LogP contribution in [0.15, 0.2) is 18.2 Å². The Morgan fingerprint density at radius 2 is 2.08 bits per heavy atom. The monoisotopic (exact) mass is 169 g/mol. The smallest absolute Gasteiger partial charge is 0.263 e. The van der Waals surface area contributed by atoms with Gasteiger partial charge >= 0.3 is 0 Å². The van der Waals surface area contributed by atoms with E-state index < -0.39 is 12.2 Å². The van der Waals surface area contributed by atoms with Gasteiger partial charge in [-0.3, -0.25) is 0 Å². The zero-order chi connectivity index (χ0) is 9.14. The fourth-order valence-electron chi connectivity index (χ4n) is 0.779. The molecule has 2 nitrogen and oxygen atoms in total. The minimum Gasteiger partial charge on any atom is -0.507 e. The van der Waals surface area contributed by atoms with Gasteiger partial charge in [0, 0.05) is 5.56 Å². The van der Waals surface area contributed by atoms with Crippen molar-refractivity contribution in [3.8, 4) is 11.8 Å². The number of alkyl halides is 2. The van der Waals surface area contributed by atoms with Gasteiger partial charge in [-0.05, 0) is 12.1 Å². The summed E-state index contributed by atoms with van der Waals surface area (Å²) in [4.78, 5) is 0. The van der Waals surface area contributed by atoms with Crippen LogP contribution in [-0.4, -0.2) is 5.11 Å². The van der Waals surface area contributed by atoms with Crippen molar-refractivity contribution >= 4 is 0 Å². The number of rotatable bonds is 1. The predicted molar refractivity (Wildman–Crippen MR) is 37.8 cm³/mol. The Kier molecular flexibility index (Phi) is 2.24. The van der Waals surface area contributed by atoms with E-state index in [4.69, 9.17) is 10.4 Å². The lowest BCUT2D eigenvalue weighted by atomic mass is 10.1. The van der Waals surface area contributed by atoms with Crippen LogP contribution in [0.5, 0.6) is 5.75 Å². The van der Waals surface area contributed by atoms with Crippen molar-refractivity contribution in [1.29, 1.82) is 5.26 Å². The fourth-order valence-corrected chi connectivity index (χ4v) is 0.779. The van der Waals surface area contributed by atoms with E-state index in [1.54, 1.807) is 6.07 Å². The maximum Gasteiger partial charge on any atom is 0.263 e. The molecule has 1 N–H and O–H groups in total. The molecule has 0 aliphatic carbocycles. The Hall–Kier alpha value is -1.63. The Bertz CT molecular complexity index is 330. The van der Waals surface area contributed by atoms with Gasteiger partial charge in [0.05, 0.1) is 5.56 Å². The van der Waals surface area contributed by atoms with Crippen LogP contribution in [0.2, 0.25) is 0 Å². The molecular weight excluding hydrogens is 164 g/mol. The van der Waals surface area contributed by atoms with Gasteiger partial charge in [-0.1, -0.05) is 6.07 Å². The standard InChI is InChI=1S/C8H5F2NO/c9-8(10)5-1-2-6(4-11)7(12)3-5/h1-3,8,12H. The van der Waals surface area contributed by atoms with E-state index in [1.165, 1.54) is 0 Å². The number of nitriles is 1. The number of benzene rings is 1. The van der Waals surface area contributed by atoms with Gasteiger partial charge in [0.15, 0.2) is 0 Å². The normalized spacial score (nSPS) is 9.83. The molecule has 1 aromatic rings. The third-order valence-electron chi connectivity index (χ3n) is 1.39. The molecule has 4 heteroatoms. The highest BCUT2D eigenvalue weighted by molar-refractivity contribution is 5.44. The third kappa shape index (κ3) is 1.51. The van der Waals surface area contributed by atoms with Crippen LogP contribution >= 0.6 is 0 Å². The average Bonchev–Trinajstić information content (AvgIpc) is 2.04. The summed E-state index contributed by atoms with van der Waals surface area (Å²) >= 11 is 0. The molecule has 12 heavy (non-hydrogen) atoms. The molecule has 1 aromatic carbocycles. The largest absolute Gasteiger partial charge is 0.507 e. The van der Waals surface area contributed by atoms with Crippen molar-refractivity contribution in [2.24, 2.45) is 0 Å². The molecule has 62 valence electrons. The Morgan fingerprint density at radius 1 is 1.42 bits per heavy atom. The topological polar surface area (TPSA) is 44.0 Å². The quantitative estimate of drug-likeness (QED) is 0.700. The molecular formula is C8H5F2NO. The fraction of sp³-hybridized carbons (Fsp3) is 0.125. The second-order valence-electron chi connectivity index (χ2n) is 2.19. The van der Waals surface area contributed by atoms with Crippen LogP contribution in [0, 0.1) is 11.3 Å². The molecule has 0 unspecified atom stereocenters. The minimum atomic E-state index is -2.62. The SMILES string of the molecule is N#Cc1ccc(C(F)F)cc1O. The van der Waals surface area contributed by atoms with Gasteiger partial charge in [0.2, 0.25) is 0 Å². The highest BCUT2D eigenvalue weighted by Crippen LogP contribution is 2.24. The van der Waals surface area contributed by atoms with Crippen molar-refractivity contribution in [2.45, 2.75) is 6.43 Å². The highest BCUT2D eigenvalue weighted by atomic mass is 19.3. The molecule has 0 spiro atoms. The first-order valence-electron chi connectivity index (χ1n) is 3.16. The lowest BCUT2D eigenvalue weighted by Crippen LogP contribution is -1.84. The Morgan fingerprint density at radius 3 is 2.50 bits per heavy atom. The summed E-state index contributed by atoms with van der Waals surface area (Å²) in [5, 5.41) is 17.3. The van der Waals surface area contributed by atoms with Crippen LogP contribution in [0.25, 0.3) is 0 Å². The zero-order valence-corrected chi connectivity index (χ0v) is 5.96. The minimum absolute atomic E-state index is 0.000556. The van der Waals surface area contributed by atoms with E-state index in [0.29, 0.717) is 0 Å². The first-order chi connectivity index (χ1) is 5.65. The molecule has 0 atom stereocenters. The molecule has 0 bridgehead atoms. The van der Waals surface area contributed by atoms with Crippen LogP contribution in [0.3, 0.4) is 0 Å². The van der Waals surface area contributed by atoms with Crippen LogP contribution in [-0.2, 0) is 0 Å². The number of nitrogens with zero attached hydrogens (tertiary/aromatic N) is 1.